The highest BCUT2D eigenvalue weighted by Gasteiger charge is 2.36. The Labute approximate surface area is 154 Å². The number of rotatable bonds is 4. The van der Waals surface area contributed by atoms with Crippen LogP contribution in [0.2, 0.25) is 0 Å². The summed E-state index contributed by atoms with van der Waals surface area (Å²) in [6, 6.07) is 7.43. The summed E-state index contributed by atoms with van der Waals surface area (Å²) < 4.78 is 43.9. The first-order valence-electron chi connectivity index (χ1n) is 7.40. The molecule has 10 heteroatoms. The topological polar surface area (TPSA) is 87.8 Å². The maximum Gasteiger partial charge on any atom is 0.416 e. The van der Waals surface area contributed by atoms with Gasteiger partial charge in [-0.05, 0) is 36.0 Å². The van der Waals surface area contributed by atoms with E-state index < -0.39 is 35.4 Å². The molecule has 0 unspecified atom stereocenters. The second-order valence-corrected chi connectivity index (χ2v) is 6.44. The van der Waals surface area contributed by atoms with Crippen LogP contribution in [-0.2, 0) is 15.8 Å². The summed E-state index contributed by atoms with van der Waals surface area (Å²) >= 11 is 0.556. The number of hydrogen-bond acceptors (Lipinski definition) is 5. The SMILES string of the molecule is O=C(O)CN1C(=O)SC(=Cc2ccc(-c3cccc(C(F)(F)F)c3)o2)C1=O. The molecular weight excluding hydrogens is 387 g/mol. The molecule has 0 spiro atoms. The van der Waals surface area contributed by atoms with Crippen LogP contribution in [-0.4, -0.2) is 33.7 Å². The fourth-order valence-electron chi connectivity index (χ4n) is 2.34. The number of alkyl halides is 3. The van der Waals surface area contributed by atoms with Gasteiger partial charge in [-0.3, -0.25) is 19.3 Å². The highest BCUT2D eigenvalue weighted by Crippen LogP contribution is 2.35. The van der Waals surface area contributed by atoms with Crippen LogP contribution in [0.15, 0.2) is 45.7 Å². The van der Waals surface area contributed by atoms with Crippen molar-refractivity contribution in [3.8, 4) is 11.3 Å². The lowest BCUT2D eigenvalue weighted by Gasteiger charge is -2.07. The largest absolute Gasteiger partial charge is 0.480 e. The van der Waals surface area contributed by atoms with E-state index >= 15 is 0 Å². The molecule has 1 N–H and O–H groups in total. The minimum atomic E-state index is -4.49. The number of benzene rings is 1. The molecule has 0 saturated carbocycles. The number of aliphatic carboxylic acids is 1. The Bertz CT molecular complexity index is 963. The molecule has 6 nitrogen and oxygen atoms in total. The molecule has 1 aliphatic rings. The van der Waals surface area contributed by atoms with E-state index in [1.165, 1.54) is 30.3 Å². The van der Waals surface area contributed by atoms with Crippen LogP contribution in [0.5, 0.6) is 0 Å². The van der Waals surface area contributed by atoms with Gasteiger partial charge in [0.15, 0.2) is 0 Å². The van der Waals surface area contributed by atoms with Crippen molar-refractivity contribution in [2.75, 3.05) is 6.54 Å². The monoisotopic (exact) mass is 397 g/mol. The van der Waals surface area contributed by atoms with Crippen molar-refractivity contribution in [2.45, 2.75) is 6.18 Å². The molecule has 0 aliphatic carbocycles. The van der Waals surface area contributed by atoms with Crippen LogP contribution in [0.3, 0.4) is 0 Å². The molecule has 27 heavy (non-hydrogen) atoms. The first-order chi connectivity index (χ1) is 12.6. The van der Waals surface area contributed by atoms with Gasteiger partial charge in [-0.15, -0.1) is 0 Å². The van der Waals surface area contributed by atoms with Gasteiger partial charge in [-0.2, -0.15) is 13.2 Å². The van der Waals surface area contributed by atoms with Crippen LogP contribution in [0.25, 0.3) is 17.4 Å². The summed E-state index contributed by atoms with van der Waals surface area (Å²) in [6.45, 7) is -0.754. The van der Waals surface area contributed by atoms with Gasteiger partial charge in [0.1, 0.15) is 18.1 Å². The minimum Gasteiger partial charge on any atom is -0.480 e. The lowest BCUT2D eigenvalue weighted by atomic mass is 10.1. The summed E-state index contributed by atoms with van der Waals surface area (Å²) in [5.74, 6) is -1.81. The van der Waals surface area contributed by atoms with Crippen molar-refractivity contribution >= 4 is 35.0 Å². The van der Waals surface area contributed by atoms with Gasteiger partial charge >= 0.3 is 12.1 Å². The van der Waals surface area contributed by atoms with Crippen LogP contribution in [0.1, 0.15) is 11.3 Å². The third kappa shape index (κ3) is 4.05. The number of carbonyl (C=O) groups is 3. The summed E-state index contributed by atoms with van der Waals surface area (Å²) in [5.41, 5.74) is -0.629. The maximum atomic E-state index is 12.8. The summed E-state index contributed by atoms with van der Waals surface area (Å²) in [6.07, 6.45) is -3.25. The molecule has 2 amide bonds. The molecule has 2 aromatic rings. The zero-order valence-electron chi connectivity index (χ0n) is 13.3. The van der Waals surface area contributed by atoms with Crippen molar-refractivity contribution in [3.63, 3.8) is 0 Å². The number of carboxylic acids is 1. The number of halogens is 3. The van der Waals surface area contributed by atoms with E-state index in [0.29, 0.717) is 16.7 Å². The predicted molar refractivity (Wildman–Crippen MR) is 89.5 cm³/mol. The molecular formula is C17H10F3NO5S. The van der Waals surface area contributed by atoms with Crippen molar-refractivity contribution in [1.82, 2.24) is 4.90 Å². The van der Waals surface area contributed by atoms with Crippen LogP contribution in [0, 0.1) is 0 Å². The third-order valence-electron chi connectivity index (χ3n) is 3.54. The van der Waals surface area contributed by atoms with Gasteiger partial charge in [-0.1, -0.05) is 12.1 Å². The standard InChI is InChI=1S/C17H10F3NO5S/c18-17(19,20)10-3-1-2-9(6-10)12-5-4-11(26-12)7-13-15(24)21(8-14(22)23)16(25)27-13/h1-7H,8H2,(H,22,23). The van der Waals surface area contributed by atoms with Crippen molar-refractivity contribution in [3.05, 3.63) is 52.6 Å². The zero-order valence-corrected chi connectivity index (χ0v) is 14.1. The molecule has 0 atom stereocenters. The number of nitrogens with zero attached hydrogens (tertiary/aromatic N) is 1. The smallest absolute Gasteiger partial charge is 0.416 e. The normalized spacial score (nSPS) is 16.4. The van der Waals surface area contributed by atoms with Gasteiger partial charge in [-0.25, -0.2) is 0 Å². The van der Waals surface area contributed by atoms with E-state index in [2.05, 4.69) is 0 Å². The number of carboxylic acid groups (broad SMARTS) is 1. The van der Waals surface area contributed by atoms with E-state index in [1.807, 2.05) is 0 Å². The lowest BCUT2D eigenvalue weighted by Crippen LogP contribution is -2.33. The second-order valence-electron chi connectivity index (χ2n) is 5.44. The van der Waals surface area contributed by atoms with E-state index in [1.54, 1.807) is 0 Å². The number of hydrogen-bond donors (Lipinski definition) is 1. The Morgan fingerprint density at radius 1 is 1.22 bits per heavy atom. The highest BCUT2D eigenvalue weighted by atomic mass is 32.2. The molecule has 2 heterocycles. The highest BCUT2D eigenvalue weighted by molar-refractivity contribution is 8.18. The molecule has 1 saturated heterocycles. The second kappa shape index (κ2) is 6.95. The molecule has 0 bridgehead atoms. The average molecular weight is 397 g/mol. The maximum absolute atomic E-state index is 12.8. The van der Waals surface area contributed by atoms with Crippen LogP contribution >= 0.6 is 11.8 Å². The number of thioether (sulfide) groups is 1. The van der Waals surface area contributed by atoms with E-state index in [-0.39, 0.29) is 22.0 Å². The first-order valence-corrected chi connectivity index (χ1v) is 8.21. The van der Waals surface area contributed by atoms with E-state index in [0.717, 1.165) is 12.1 Å². The van der Waals surface area contributed by atoms with Crippen LogP contribution in [0.4, 0.5) is 18.0 Å². The van der Waals surface area contributed by atoms with E-state index in [4.69, 9.17) is 9.52 Å². The fourth-order valence-corrected chi connectivity index (χ4v) is 3.15. The number of amides is 2. The number of furan rings is 1. The predicted octanol–water partition coefficient (Wildman–Crippen LogP) is 4.09. The third-order valence-corrected chi connectivity index (χ3v) is 4.45. The van der Waals surface area contributed by atoms with Crippen LogP contribution < -0.4 is 0 Å². The molecule has 1 aliphatic heterocycles. The molecule has 1 aromatic carbocycles. The van der Waals surface area contributed by atoms with Crippen molar-refractivity contribution in [2.24, 2.45) is 0 Å². The Kier molecular flexibility index (Phi) is 4.83. The van der Waals surface area contributed by atoms with Crippen molar-refractivity contribution < 1.29 is 37.1 Å². The molecule has 1 aromatic heterocycles. The van der Waals surface area contributed by atoms with Gasteiger partial charge < -0.3 is 9.52 Å². The number of imide groups is 1. The van der Waals surface area contributed by atoms with Crippen molar-refractivity contribution in [1.29, 1.82) is 0 Å². The average Bonchev–Trinajstić information content (AvgIpc) is 3.15. The zero-order chi connectivity index (χ0) is 19.8. The molecule has 1 fully saturated rings. The Hall–Kier alpha value is -3.01. The Morgan fingerprint density at radius 3 is 2.63 bits per heavy atom. The Morgan fingerprint density at radius 2 is 1.96 bits per heavy atom. The quantitative estimate of drug-likeness (QED) is 0.782. The molecule has 3 rings (SSSR count). The summed E-state index contributed by atoms with van der Waals surface area (Å²) in [4.78, 5) is 35.0. The van der Waals surface area contributed by atoms with Gasteiger partial charge in [0.05, 0.1) is 10.5 Å². The number of carbonyl (C=O) groups excluding carboxylic acids is 2. The minimum absolute atomic E-state index is 0.0359. The molecule has 0 radical (unpaired) electrons. The summed E-state index contributed by atoms with van der Waals surface area (Å²) in [7, 11) is 0. The Balaban J connectivity index is 1.85. The molecule has 140 valence electrons. The van der Waals surface area contributed by atoms with Gasteiger partial charge in [0.2, 0.25) is 0 Å². The van der Waals surface area contributed by atoms with Gasteiger partial charge in [0.25, 0.3) is 11.1 Å². The lowest BCUT2D eigenvalue weighted by molar-refractivity contribution is -0.140. The summed E-state index contributed by atoms with van der Waals surface area (Å²) in [5, 5.41) is 8.00. The fraction of sp³-hybridized carbons (Fsp3) is 0.118. The van der Waals surface area contributed by atoms with Gasteiger partial charge in [0, 0.05) is 11.6 Å². The van der Waals surface area contributed by atoms with E-state index in [9.17, 15) is 27.6 Å². The first kappa shape index (κ1) is 18.8.